The van der Waals surface area contributed by atoms with Crippen molar-refractivity contribution in [3.8, 4) is 0 Å². The van der Waals surface area contributed by atoms with E-state index in [0.717, 1.165) is 39.8 Å². The summed E-state index contributed by atoms with van der Waals surface area (Å²) in [5.74, 6) is -0.0492. The van der Waals surface area contributed by atoms with Crippen LogP contribution in [0.2, 0.25) is 0 Å². The fourth-order valence-corrected chi connectivity index (χ4v) is 4.98. The Hall–Kier alpha value is -3.28. The highest BCUT2D eigenvalue weighted by atomic mass is 16.6. The largest absolute Gasteiger partial charge is 0.444 e. The van der Waals surface area contributed by atoms with Crippen LogP contribution in [-0.2, 0) is 28.9 Å². The number of nitrogens with one attached hydrogen (secondary N) is 1. The van der Waals surface area contributed by atoms with Crippen LogP contribution in [0.3, 0.4) is 0 Å². The molecule has 1 aliphatic heterocycles. The summed E-state index contributed by atoms with van der Waals surface area (Å²) >= 11 is 0. The molecule has 0 saturated carbocycles. The van der Waals surface area contributed by atoms with Crippen molar-refractivity contribution in [1.82, 2.24) is 9.47 Å². The van der Waals surface area contributed by atoms with E-state index in [4.69, 9.17) is 4.74 Å². The van der Waals surface area contributed by atoms with Crippen LogP contribution < -0.4 is 5.32 Å². The first-order chi connectivity index (χ1) is 16.0. The second kappa shape index (κ2) is 9.16. The number of carbonyl (C=O) groups is 2. The fourth-order valence-electron chi connectivity index (χ4n) is 4.98. The second-order valence-electron chi connectivity index (χ2n) is 10.3. The Morgan fingerprint density at radius 1 is 1.00 bits per heavy atom. The maximum atomic E-state index is 13.2. The number of aryl methyl sites for hydroxylation is 3. The molecule has 0 radical (unpaired) electrons. The van der Waals surface area contributed by atoms with E-state index in [0.29, 0.717) is 19.5 Å². The van der Waals surface area contributed by atoms with Crippen LogP contribution in [0.1, 0.15) is 48.7 Å². The molecular formula is C28H35N3O3. The van der Waals surface area contributed by atoms with Gasteiger partial charge in [0.2, 0.25) is 5.91 Å². The first-order valence-electron chi connectivity index (χ1n) is 12.0. The van der Waals surface area contributed by atoms with Crippen LogP contribution >= 0.6 is 0 Å². The van der Waals surface area contributed by atoms with Crippen molar-refractivity contribution in [2.45, 2.75) is 66.5 Å². The van der Waals surface area contributed by atoms with E-state index in [1.165, 1.54) is 11.1 Å². The molecule has 1 aromatic heterocycles. The number of para-hydroxylation sites is 1. The predicted octanol–water partition coefficient (Wildman–Crippen LogP) is 5.54. The topological polar surface area (TPSA) is 63.6 Å². The summed E-state index contributed by atoms with van der Waals surface area (Å²) < 4.78 is 7.73. The smallest absolute Gasteiger partial charge is 0.410 e. The number of anilines is 1. The van der Waals surface area contributed by atoms with Crippen molar-refractivity contribution >= 4 is 28.6 Å². The van der Waals surface area contributed by atoms with E-state index < -0.39 is 5.60 Å². The molecule has 6 nitrogen and oxygen atoms in total. The maximum absolute atomic E-state index is 13.2. The highest BCUT2D eigenvalue weighted by molar-refractivity contribution is 5.94. The molecule has 0 unspecified atom stereocenters. The zero-order valence-corrected chi connectivity index (χ0v) is 21.1. The molecule has 0 aliphatic carbocycles. The minimum Gasteiger partial charge on any atom is -0.444 e. The summed E-state index contributed by atoms with van der Waals surface area (Å²) in [6, 6.07) is 12.4. The van der Waals surface area contributed by atoms with Gasteiger partial charge in [0, 0.05) is 41.8 Å². The standard InChI is InChI=1S/C28H35N3O3/c1-18-15-19(2)26(20(3)16-18)29-25(32)17-31-23-10-8-7-9-21(23)22-11-13-30(14-12-24(22)31)27(33)34-28(4,5)6/h7-10,15-16H,11-14,17H2,1-6H3,(H,29,32). The molecule has 34 heavy (non-hydrogen) atoms. The van der Waals surface area contributed by atoms with E-state index in [1.54, 1.807) is 4.90 Å². The van der Waals surface area contributed by atoms with Crippen LogP contribution in [0, 0.1) is 20.8 Å². The highest BCUT2D eigenvalue weighted by Gasteiger charge is 2.27. The summed E-state index contributed by atoms with van der Waals surface area (Å²) in [5.41, 5.74) is 7.08. The molecule has 0 bridgehead atoms. The summed E-state index contributed by atoms with van der Waals surface area (Å²) in [7, 11) is 0. The van der Waals surface area contributed by atoms with Gasteiger partial charge in [-0.15, -0.1) is 0 Å². The van der Waals surface area contributed by atoms with Gasteiger partial charge in [0.15, 0.2) is 0 Å². The molecule has 1 N–H and O–H groups in total. The summed E-state index contributed by atoms with van der Waals surface area (Å²) in [6.45, 7) is 13.2. The van der Waals surface area contributed by atoms with Crippen molar-refractivity contribution in [3.05, 3.63) is 64.3 Å². The molecule has 2 heterocycles. The molecule has 2 aromatic carbocycles. The van der Waals surface area contributed by atoms with E-state index in [1.807, 2.05) is 46.8 Å². The molecule has 3 aromatic rings. The predicted molar refractivity (Wildman–Crippen MR) is 136 cm³/mol. The van der Waals surface area contributed by atoms with Gasteiger partial charge in [0.1, 0.15) is 12.1 Å². The number of nitrogens with zero attached hydrogens (tertiary/aromatic N) is 2. The first kappa shape index (κ1) is 23.9. The van der Waals surface area contributed by atoms with Crippen LogP contribution in [0.4, 0.5) is 10.5 Å². The van der Waals surface area contributed by atoms with E-state index in [2.05, 4.69) is 41.1 Å². The lowest BCUT2D eigenvalue weighted by molar-refractivity contribution is -0.116. The average Bonchev–Trinajstić information content (AvgIpc) is 2.88. The Morgan fingerprint density at radius 3 is 2.32 bits per heavy atom. The number of carbonyl (C=O) groups excluding carboxylic acids is 2. The number of rotatable bonds is 3. The molecule has 0 atom stereocenters. The van der Waals surface area contributed by atoms with Crippen LogP contribution in [0.15, 0.2) is 36.4 Å². The molecule has 6 heteroatoms. The summed E-state index contributed by atoms with van der Waals surface area (Å²) in [6.07, 6.45) is 1.13. The monoisotopic (exact) mass is 461 g/mol. The molecule has 0 spiro atoms. The Labute approximate surface area is 201 Å². The molecule has 2 amide bonds. The minimum atomic E-state index is -0.525. The number of aromatic nitrogens is 1. The Morgan fingerprint density at radius 2 is 1.65 bits per heavy atom. The number of benzene rings is 2. The minimum absolute atomic E-state index is 0.0492. The molecule has 0 fully saturated rings. The number of fused-ring (bicyclic) bond motifs is 3. The van der Waals surface area contributed by atoms with Crippen LogP contribution in [0.25, 0.3) is 10.9 Å². The lowest BCUT2D eigenvalue weighted by Crippen LogP contribution is -2.38. The third-order valence-corrected chi connectivity index (χ3v) is 6.34. The van der Waals surface area contributed by atoms with Gasteiger partial charge < -0.3 is 19.5 Å². The number of ether oxygens (including phenoxy) is 1. The lowest BCUT2D eigenvalue weighted by Gasteiger charge is -2.26. The third kappa shape index (κ3) is 4.96. The maximum Gasteiger partial charge on any atom is 0.410 e. The van der Waals surface area contributed by atoms with Crippen molar-refractivity contribution in [3.63, 3.8) is 0 Å². The zero-order valence-electron chi connectivity index (χ0n) is 21.1. The van der Waals surface area contributed by atoms with Gasteiger partial charge in [-0.05, 0) is 70.7 Å². The summed E-state index contributed by atoms with van der Waals surface area (Å²) in [4.78, 5) is 27.7. The molecule has 180 valence electrons. The Bertz CT molecular complexity index is 1230. The van der Waals surface area contributed by atoms with E-state index >= 15 is 0 Å². The van der Waals surface area contributed by atoms with Crippen molar-refractivity contribution in [2.75, 3.05) is 18.4 Å². The normalized spacial score (nSPS) is 14.0. The van der Waals surface area contributed by atoms with Gasteiger partial charge in [0.25, 0.3) is 0 Å². The highest BCUT2D eigenvalue weighted by Crippen LogP contribution is 2.30. The summed E-state index contributed by atoms with van der Waals surface area (Å²) in [5, 5.41) is 4.29. The Balaban J connectivity index is 1.61. The van der Waals surface area contributed by atoms with Crippen LogP contribution in [-0.4, -0.2) is 40.2 Å². The van der Waals surface area contributed by atoms with E-state index in [9.17, 15) is 9.59 Å². The number of hydrogen-bond donors (Lipinski definition) is 1. The van der Waals surface area contributed by atoms with Gasteiger partial charge >= 0.3 is 6.09 Å². The average molecular weight is 462 g/mol. The Kier molecular flexibility index (Phi) is 6.43. The SMILES string of the molecule is Cc1cc(C)c(NC(=O)Cn2c3c(c4ccccc42)CCN(C(=O)OC(C)(C)C)CC3)c(C)c1. The van der Waals surface area contributed by atoms with E-state index in [-0.39, 0.29) is 18.5 Å². The molecular weight excluding hydrogens is 426 g/mol. The van der Waals surface area contributed by atoms with Gasteiger partial charge in [-0.1, -0.05) is 35.9 Å². The quantitative estimate of drug-likeness (QED) is 0.557. The van der Waals surface area contributed by atoms with Crippen molar-refractivity contribution in [1.29, 1.82) is 0 Å². The molecule has 0 saturated heterocycles. The fraction of sp³-hybridized carbons (Fsp3) is 0.429. The second-order valence-corrected chi connectivity index (χ2v) is 10.3. The van der Waals surface area contributed by atoms with Gasteiger partial charge in [-0.2, -0.15) is 0 Å². The van der Waals surface area contributed by atoms with Gasteiger partial charge in [0.05, 0.1) is 0 Å². The van der Waals surface area contributed by atoms with Gasteiger partial charge in [-0.3, -0.25) is 4.79 Å². The molecule has 1 aliphatic rings. The van der Waals surface area contributed by atoms with Gasteiger partial charge in [-0.25, -0.2) is 4.79 Å². The lowest BCUT2D eigenvalue weighted by atomic mass is 10.1. The van der Waals surface area contributed by atoms with Crippen LogP contribution in [0.5, 0.6) is 0 Å². The van der Waals surface area contributed by atoms with Crippen molar-refractivity contribution < 1.29 is 14.3 Å². The van der Waals surface area contributed by atoms with Crippen molar-refractivity contribution in [2.24, 2.45) is 0 Å². The zero-order chi connectivity index (χ0) is 24.6. The molecule has 4 rings (SSSR count). The first-order valence-corrected chi connectivity index (χ1v) is 12.0. The number of hydrogen-bond acceptors (Lipinski definition) is 3. The third-order valence-electron chi connectivity index (χ3n) is 6.34. The number of amides is 2.